The van der Waals surface area contributed by atoms with Crippen LogP contribution in [0.15, 0.2) is 99.9 Å². The Morgan fingerprint density at radius 3 is 2.51 bits per heavy atom. The highest BCUT2D eigenvalue weighted by molar-refractivity contribution is 14.1. The number of carbonyl (C=O) groups is 1. The Bertz CT molecular complexity index is 2150. The van der Waals surface area contributed by atoms with Crippen LogP contribution in [0.25, 0.3) is 16.8 Å². The fraction of sp³-hybridized carbons (Fsp3) is 0.194. The molecule has 6 rings (SSSR count). The van der Waals surface area contributed by atoms with Crippen LogP contribution in [-0.4, -0.2) is 24.3 Å². The minimum Gasteiger partial charge on any atom is -0.493 e. The van der Waals surface area contributed by atoms with Crippen molar-refractivity contribution in [1.82, 2.24) is 4.57 Å². The summed E-state index contributed by atoms with van der Waals surface area (Å²) in [5.74, 6) is 0.732. The number of carbonyl (C=O) groups excluding carboxylic acids is 1. The van der Waals surface area contributed by atoms with E-state index in [9.17, 15) is 9.59 Å². The van der Waals surface area contributed by atoms with E-state index in [0.29, 0.717) is 38.7 Å². The number of hydrogen-bond donors (Lipinski definition) is 0. The minimum atomic E-state index is -0.649. The zero-order valence-electron chi connectivity index (χ0n) is 25.3. The lowest BCUT2D eigenvalue weighted by atomic mass is 9.95. The topological polar surface area (TPSA) is 79.1 Å². The largest absolute Gasteiger partial charge is 0.493 e. The van der Waals surface area contributed by atoms with E-state index in [4.69, 9.17) is 14.2 Å². The number of ether oxygens (including phenoxy) is 3. The van der Waals surface area contributed by atoms with Crippen LogP contribution in [0, 0.1) is 10.5 Å². The van der Waals surface area contributed by atoms with E-state index in [1.807, 2.05) is 61.5 Å². The molecule has 0 bridgehead atoms. The number of thiazole rings is 1. The fourth-order valence-corrected chi connectivity index (χ4v) is 7.28. The maximum absolute atomic E-state index is 14.0. The van der Waals surface area contributed by atoms with Gasteiger partial charge in [0.2, 0.25) is 0 Å². The van der Waals surface area contributed by atoms with Crippen LogP contribution in [0.3, 0.4) is 0 Å². The van der Waals surface area contributed by atoms with Gasteiger partial charge in [0.05, 0.1) is 39.1 Å². The average Bonchev–Trinajstić information content (AvgIpc) is 3.33. The minimum absolute atomic E-state index is 0.225. The van der Waals surface area contributed by atoms with Gasteiger partial charge in [0.1, 0.15) is 6.61 Å². The summed E-state index contributed by atoms with van der Waals surface area (Å²) in [7, 11) is 1.60. The number of aryl methyl sites for hydroxylation is 1. The molecule has 0 amide bonds. The number of esters is 1. The molecule has 9 heteroatoms. The Kier molecular flexibility index (Phi) is 8.91. The summed E-state index contributed by atoms with van der Waals surface area (Å²) in [6.45, 7) is 6.16. The molecule has 0 N–H and O–H groups in total. The van der Waals surface area contributed by atoms with Gasteiger partial charge in [-0.15, -0.1) is 0 Å². The van der Waals surface area contributed by atoms with Crippen LogP contribution in [-0.2, 0) is 16.1 Å². The maximum Gasteiger partial charge on any atom is 0.338 e. The molecule has 0 aliphatic carbocycles. The van der Waals surface area contributed by atoms with Crippen molar-refractivity contribution in [2.45, 2.75) is 33.4 Å². The zero-order valence-corrected chi connectivity index (χ0v) is 28.3. The Labute approximate surface area is 278 Å². The van der Waals surface area contributed by atoms with Crippen molar-refractivity contribution in [3.05, 3.63) is 136 Å². The third-order valence-corrected chi connectivity index (χ3v) is 9.44. The van der Waals surface area contributed by atoms with Gasteiger partial charge >= 0.3 is 5.97 Å². The maximum atomic E-state index is 14.0. The SMILES string of the molecule is CCOC(=O)C1=C(C)N=c2s/c(=C/c3cc(I)c(OCc4ccc5ccccc5c4)c(OC)c3)c(=O)n2[C@H]1c1ccc(C)cc1. The first-order valence-corrected chi connectivity index (χ1v) is 16.4. The van der Waals surface area contributed by atoms with Crippen molar-refractivity contribution in [2.24, 2.45) is 4.99 Å². The van der Waals surface area contributed by atoms with E-state index in [-0.39, 0.29) is 12.2 Å². The molecule has 0 unspecified atom stereocenters. The van der Waals surface area contributed by atoms with Crippen LogP contribution < -0.4 is 24.4 Å². The molecule has 0 saturated heterocycles. The Balaban J connectivity index is 1.37. The number of allylic oxidation sites excluding steroid dienone is 1. The molecule has 0 spiro atoms. The van der Waals surface area contributed by atoms with Crippen molar-refractivity contribution in [3.8, 4) is 11.5 Å². The Hall–Kier alpha value is -4.22. The molecule has 45 heavy (non-hydrogen) atoms. The molecule has 1 atom stereocenters. The lowest BCUT2D eigenvalue weighted by Gasteiger charge is -2.24. The third kappa shape index (κ3) is 6.19. The molecule has 1 aliphatic rings. The normalized spacial score (nSPS) is 14.7. The van der Waals surface area contributed by atoms with Gasteiger partial charge in [0, 0.05) is 0 Å². The van der Waals surface area contributed by atoms with Crippen LogP contribution in [0.5, 0.6) is 11.5 Å². The second-order valence-electron chi connectivity index (χ2n) is 10.7. The second-order valence-corrected chi connectivity index (χ2v) is 12.9. The number of fused-ring (bicyclic) bond motifs is 2. The molecule has 0 fully saturated rings. The summed E-state index contributed by atoms with van der Waals surface area (Å²) >= 11 is 3.52. The first-order valence-electron chi connectivity index (χ1n) is 14.5. The van der Waals surface area contributed by atoms with Gasteiger partial charge in [0.15, 0.2) is 16.3 Å². The molecular weight excluding hydrogens is 699 g/mol. The smallest absolute Gasteiger partial charge is 0.338 e. The molecule has 2 heterocycles. The number of hydrogen-bond acceptors (Lipinski definition) is 7. The molecule has 0 saturated carbocycles. The summed E-state index contributed by atoms with van der Waals surface area (Å²) < 4.78 is 20.3. The van der Waals surface area contributed by atoms with Crippen molar-refractivity contribution >= 4 is 56.7 Å². The van der Waals surface area contributed by atoms with E-state index in [0.717, 1.165) is 31.2 Å². The van der Waals surface area contributed by atoms with Crippen LogP contribution in [0.2, 0.25) is 0 Å². The van der Waals surface area contributed by atoms with Crippen molar-refractivity contribution in [3.63, 3.8) is 0 Å². The number of halogens is 1. The van der Waals surface area contributed by atoms with Gasteiger partial charge in [-0.25, -0.2) is 9.79 Å². The Morgan fingerprint density at radius 2 is 1.78 bits per heavy atom. The summed E-state index contributed by atoms with van der Waals surface area (Å²) in [6, 6.07) is 25.5. The zero-order chi connectivity index (χ0) is 31.7. The molecule has 1 aliphatic heterocycles. The third-order valence-electron chi connectivity index (χ3n) is 7.66. The standard InChI is InChI=1S/C36H31IN2O5S/c1-5-43-35(41)31-22(3)38-36-39(32(31)26-13-10-21(2)11-14-26)34(40)30(45-36)19-24-17-28(37)33(29(18-24)42-4)44-20-23-12-15-25-8-6-7-9-27(25)16-23/h6-19,32H,5,20H2,1-4H3/b30-19+/t32-/m0/s1. The van der Waals surface area contributed by atoms with Gasteiger partial charge in [-0.2, -0.15) is 0 Å². The fourth-order valence-electron chi connectivity index (χ4n) is 5.45. The van der Waals surface area contributed by atoms with Crippen molar-refractivity contribution < 1.29 is 19.0 Å². The summed E-state index contributed by atoms with van der Waals surface area (Å²) in [5.41, 5.74) is 4.40. The highest BCUT2D eigenvalue weighted by Crippen LogP contribution is 2.35. The number of aromatic nitrogens is 1. The van der Waals surface area contributed by atoms with Crippen molar-refractivity contribution in [2.75, 3.05) is 13.7 Å². The number of benzene rings is 4. The van der Waals surface area contributed by atoms with E-state index in [1.165, 1.54) is 16.7 Å². The van der Waals surface area contributed by atoms with Crippen molar-refractivity contribution in [1.29, 1.82) is 0 Å². The highest BCUT2D eigenvalue weighted by Gasteiger charge is 2.33. The molecule has 7 nitrogen and oxygen atoms in total. The van der Waals surface area contributed by atoms with Gasteiger partial charge in [-0.05, 0) is 95.1 Å². The lowest BCUT2D eigenvalue weighted by molar-refractivity contribution is -0.139. The molecular formula is C36H31IN2O5S. The molecule has 1 aromatic heterocycles. The quantitative estimate of drug-likeness (QED) is 0.136. The van der Waals surface area contributed by atoms with E-state index < -0.39 is 12.0 Å². The molecule has 4 aromatic carbocycles. The predicted molar refractivity (Wildman–Crippen MR) is 186 cm³/mol. The van der Waals surface area contributed by atoms with Crippen LogP contribution in [0.4, 0.5) is 0 Å². The van der Waals surface area contributed by atoms with Gasteiger partial charge in [0.25, 0.3) is 5.56 Å². The van der Waals surface area contributed by atoms with E-state index >= 15 is 0 Å². The summed E-state index contributed by atoms with van der Waals surface area (Å²) in [4.78, 5) is 32.3. The number of methoxy groups -OCH3 is 1. The average molecular weight is 731 g/mol. The number of rotatable bonds is 8. The lowest BCUT2D eigenvalue weighted by Crippen LogP contribution is -2.39. The van der Waals surface area contributed by atoms with Gasteiger partial charge in [-0.3, -0.25) is 9.36 Å². The molecule has 0 radical (unpaired) electrons. The predicted octanol–water partition coefficient (Wildman–Crippen LogP) is 6.45. The van der Waals surface area contributed by atoms with Gasteiger partial charge in [-0.1, -0.05) is 77.6 Å². The Morgan fingerprint density at radius 1 is 1.02 bits per heavy atom. The molecule has 228 valence electrons. The second kappa shape index (κ2) is 13.0. The summed E-state index contributed by atoms with van der Waals surface area (Å²) in [5, 5.41) is 2.34. The first kappa shape index (κ1) is 30.8. The number of nitrogens with zero attached hydrogens (tertiary/aromatic N) is 2. The van der Waals surface area contributed by atoms with Crippen LogP contribution in [0.1, 0.15) is 42.1 Å². The summed E-state index contributed by atoms with van der Waals surface area (Å²) in [6.07, 6.45) is 1.83. The first-order chi connectivity index (χ1) is 21.8. The van der Waals surface area contributed by atoms with E-state index in [1.54, 1.807) is 25.5 Å². The van der Waals surface area contributed by atoms with E-state index in [2.05, 4.69) is 57.9 Å². The van der Waals surface area contributed by atoms with Gasteiger partial charge < -0.3 is 14.2 Å². The monoisotopic (exact) mass is 730 g/mol. The molecule has 5 aromatic rings. The van der Waals surface area contributed by atoms with Crippen LogP contribution >= 0.6 is 33.9 Å². The highest BCUT2D eigenvalue weighted by atomic mass is 127.